The summed E-state index contributed by atoms with van der Waals surface area (Å²) >= 11 is 0. The van der Waals surface area contributed by atoms with Gasteiger partial charge in [0.2, 0.25) is 0 Å². The summed E-state index contributed by atoms with van der Waals surface area (Å²) in [5.41, 5.74) is 0. The van der Waals surface area contributed by atoms with Crippen LogP contribution in [0.3, 0.4) is 0 Å². The van der Waals surface area contributed by atoms with E-state index in [0.29, 0.717) is 6.42 Å². The van der Waals surface area contributed by atoms with Gasteiger partial charge in [-0.2, -0.15) is 0 Å². The van der Waals surface area contributed by atoms with Crippen molar-refractivity contribution >= 4 is 12.1 Å². The Morgan fingerprint density at radius 1 is 1.55 bits per heavy atom. The van der Waals surface area contributed by atoms with Crippen molar-refractivity contribution in [1.29, 1.82) is 0 Å². The fourth-order valence-electron chi connectivity index (χ4n) is 0.991. The van der Waals surface area contributed by atoms with Crippen LogP contribution in [-0.2, 0) is 9.53 Å². The molecule has 0 aromatic heterocycles. The molecule has 1 fully saturated rings. The van der Waals surface area contributed by atoms with Gasteiger partial charge < -0.3 is 10.1 Å². The highest BCUT2D eigenvalue weighted by atomic mass is 16.6. The van der Waals surface area contributed by atoms with Gasteiger partial charge in [0.1, 0.15) is 6.04 Å². The summed E-state index contributed by atoms with van der Waals surface area (Å²) in [4.78, 5) is 21.3. The van der Waals surface area contributed by atoms with Gasteiger partial charge in [0.25, 0.3) is 0 Å². The van der Waals surface area contributed by atoms with Crippen LogP contribution in [0, 0.1) is 0 Å². The molecule has 4 heteroatoms. The largest absolute Gasteiger partial charge is 0.415 e. The van der Waals surface area contributed by atoms with Crippen LogP contribution >= 0.6 is 0 Å². The Balaban J connectivity index is 2.34. The number of ether oxygens (including phenoxy) is 1. The summed E-state index contributed by atoms with van der Waals surface area (Å²) in [6.45, 7) is 2.03. The Morgan fingerprint density at radius 2 is 2.27 bits per heavy atom. The molecular formula is C7H11NO3. The predicted molar refractivity (Wildman–Crippen MR) is 37.9 cm³/mol. The molecule has 1 amide bonds. The molecule has 1 atom stereocenters. The van der Waals surface area contributed by atoms with Crippen LogP contribution in [0.25, 0.3) is 0 Å². The number of amides is 1. The van der Waals surface area contributed by atoms with Gasteiger partial charge in [-0.1, -0.05) is 19.8 Å². The van der Waals surface area contributed by atoms with Gasteiger partial charge in [0.15, 0.2) is 0 Å². The number of unbranched alkanes of at least 4 members (excludes halogenated alkanes) is 1. The summed E-state index contributed by atoms with van der Waals surface area (Å²) in [6.07, 6.45) is 2.01. The van der Waals surface area contributed by atoms with E-state index in [4.69, 9.17) is 0 Å². The van der Waals surface area contributed by atoms with Crippen LogP contribution in [0.4, 0.5) is 4.79 Å². The van der Waals surface area contributed by atoms with Crippen molar-refractivity contribution in [2.45, 2.75) is 32.2 Å². The Hall–Kier alpha value is -1.06. The van der Waals surface area contributed by atoms with Crippen LogP contribution < -0.4 is 5.32 Å². The van der Waals surface area contributed by atoms with Crippen molar-refractivity contribution < 1.29 is 14.3 Å². The van der Waals surface area contributed by atoms with Gasteiger partial charge in [0, 0.05) is 0 Å². The minimum Gasteiger partial charge on any atom is -0.375 e. The molecule has 62 valence electrons. The summed E-state index contributed by atoms with van der Waals surface area (Å²) in [6, 6.07) is -0.401. The molecule has 0 spiro atoms. The van der Waals surface area contributed by atoms with Gasteiger partial charge in [0.05, 0.1) is 0 Å². The summed E-state index contributed by atoms with van der Waals surface area (Å²) < 4.78 is 4.28. The highest BCUT2D eigenvalue weighted by Crippen LogP contribution is 2.07. The first-order chi connectivity index (χ1) is 5.24. The van der Waals surface area contributed by atoms with E-state index in [1.54, 1.807) is 0 Å². The normalized spacial score (nSPS) is 23.2. The lowest BCUT2D eigenvalue weighted by Gasteiger charge is -2.01. The molecule has 0 aromatic carbocycles. The zero-order valence-corrected chi connectivity index (χ0v) is 6.42. The number of esters is 1. The fourth-order valence-corrected chi connectivity index (χ4v) is 0.991. The molecule has 0 bridgehead atoms. The van der Waals surface area contributed by atoms with E-state index >= 15 is 0 Å². The molecule has 0 saturated carbocycles. The average Bonchev–Trinajstić information content (AvgIpc) is 2.26. The number of hydrogen-bond acceptors (Lipinski definition) is 3. The number of nitrogens with one attached hydrogen (secondary N) is 1. The SMILES string of the molecule is CCCCC1NC(=O)OC1=O. The number of cyclic esters (lactones) is 2. The second kappa shape index (κ2) is 3.37. The monoisotopic (exact) mass is 157 g/mol. The van der Waals surface area contributed by atoms with E-state index in [0.717, 1.165) is 12.8 Å². The van der Waals surface area contributed by atoms with Crippen molar-refractivity contribution in [1.82, 2.24) is 5.32 Å². The smallest absolute Gasteiger partial charge is 0.375 e. The first-order valence-corrected chi connectivity index (χ1v) is 3.76. The highest BCUT2D eigenvalue weighted by molar-refractivity contribution is 5.95. The predicted octanol–water partition coefficient (Wildman–Crippen LogP) is 0.812. The average molecular weight is 157 g/mol. The maximum atomic E-state index is 10.8. The molecule has 0 aromatic rings. The molecule has 1 saturated heterocycles. The molecule has 1 N–H and O–H groups in total. The lowest BCUT2D eigenvalue weighted by Crippen LogP contribution is -2.28. The van der Waals surface area contributed by atoms with E-state index in [9.17, 15) is 9.59 Å². The minimum absolute atomic E-state index is 0.401. The van der Waals surface area contributed by atoms with Gasteiger partial charge in [-0.15, -0.1) is 0 Å². The number of carbonyl (C=O) groups excluding carboxylic acids is 2. The van der Waals surface area contributed by atoms with Crippen LogP contribution in [0.2, 0.25) is 0 Å². The number of carbonyl (C=O) groups is 2. The Labute approximate surface area is 64.9 Å². The molecule has 0 aliphatic carbocycles. The van der Waals surface area contributed by atoms with Crippen molar-refractivity contribution in [2.24, 2.45) is 0 Å². The third kappa shape index (κ3) is 1.93. The first kappa shape index (κ1) is 8.04. The molecule has 1 rings (SSSR count). The van der Waals surface area contributed by atoms with Crippen molar-refractivity contribution in [3.05, 3.63) is 0 Å². The molecule has 1 aliphatic rings. The molecule has 1 aliphatic heterocycles. The van der Waals surface area contributed by atoms with Crippen LogP contribution in [0.1, 0.15) is 26.2 Å². The zero-order chi connectivity index (χ0) is 8.27. The Kier molecular flexibility index (Phi) is 2.46. The van der Waals surface area contributed by atoms with Crippen LogP contribution in [0.5, 0.6) is 0 Å². The minimum atomic E-state index is -0.615. The topological polar surface area (TPSA) is 55.4 Å². The van der Waals surface area contributed by atoms with Gasteiger partial charge >= 0.3 is 12.1 Å². The van der Waals surface area contributed by atoms with E-state index < -0.39 is 18.1 Å². The Morgan fingerprint density at radius 3 is 2.73 bits per heavy atom. The molecule has 4 nitrogen and oxygen atoms in total. The lowest BCUT2D eigenvalue weighted by atomic mass is 10.1. The summed E-state index contributed by atoms with van der Waals surface area (Å²) in [7, 11) is 0. The molecular weight excluding hydrogens is 146 g/mol. The van der Waals surface area contributed by atoms with Crippen molar-refractivity contribution in [3.63, 3.8) is 0 Å². The second-order valence-corrected chi connectivity index (χ2v) is 2.55. The quantitative estimate of drug-likeness (QED) is 0.487. The third-order valence-corrected chi connectivity index (χ3v) is 1.62. The first-order valence-electron chi connectivity index (χ1n) is 3.76. The standard InChI is InChI=1S/C7H11NO3/c1-2-3-4-5-6(9)11-7(10)8-5/h5H,2-4H2,1H3,(H,8,10). The van der Waals surface area contributed by atoms with Crippen molar-refractivity contribution in [3.8, 4) is 0 Å². The number of rotatable bonds is 3. The molecule has 1 unspecified atom stereocenters. The summed E-state index contributed by atoms with van der Waals surface area (Å²) in [5, 5.41) is 2.43. The zero-order valence-electron chi connectivity index (χ0n) is 6.42. The molecule has 0 radical (unpaired) electrons. The fraction of sp³-hybridized carbons (Fsp3) is 0.714. The van der Waals surface area contributed by atoms with Gasteiger partial charge in [-0.25, -0.2) is 9.59 Å². The van der Waals surface area contributed by atoms with E-state index in [-0.39, 0.29) is 0 Å². The van der Waals surface area contributed by atoms with Crippen molar-refractivity contribution in [2.75, 3.05) is 0 Å². The number of alkyl carbamates (subject to hydrolysis) is 1. The van der Waals surface area contributed by atoms with Crippen LogP contribution in [0.15, 0.2) is 0 Å². The summed E-state index contributed by atoms with van der Waals surface area (Å²) in [5.74, 6) is -0.441. The van der Waals surface area contributed by atoms with E-state index in [2.05, 4.69) is 10.1 Å². The van der Waals surface area contributed by atoms with Gasteiger partial charge in [-0.3, -0.25) is 0 Å². The molecule has 11 heavy (non-hydrogen) atoms. The highest BCUT2D eigenvalue weighted by Gasteiger charge is 2.31. The molecule has 1 heterocycles. The Bertz CT molecular complexity index is 179. The third-order valence-electron chi connectivity index (χ3n) is 1.62. The maximum Gasteiger partial charge on any atom is 0.415 e. The van der Waals surface area contributed by atoms with E-state index in [1.165, 1.54) is 0 Å². The second-order valence-electron chi connectivity index (χ2n) is 2.55. The van der Waals surface area contributed by atoms with E-state index in [1.807, 2.05) is 6.92 Å². The van der Waals surface area contributed by atoms with Crippen LogP contribution in [-0.4, -0.2) is 18.1 Å². The van der Waals surface area contributed by atoms with Gasteiger partial charge in [-0.05, 0) is 6.42 Å². The lowest BCUT2D eigenvalue weighted by molar-refractivity contribution is -0.135. The number of hydrogen-bond donors (Lipinski definition) is 1. The maximum absolute atomic E-state index is 10.8.